The fourth-order valence-corrected chi connectivity index (χ4v) is 2.66. The van der Waals surface area contributed by atoms with E-state index in [9.17, 15) is 14.4 Å². The Labute approximate surface area is 173 Å². The maximum atomic E-state index is 12.4. The standard InChI is InChI=1S/C21H21N5O4/c1-30-20(28)11-23-19(27)10-15-4-8-18(9-5-15)25-21(29)17-6-2-16(3-7-17)12-26-14-22-13-24-26/h2-9,13-14H,10-12H2,1H3,(H,23,27)(H,25,29). The van der Waals surface area contributed by atoms with Gasteiger partial charge in [-0.15, -0.1) is 0 Å². The average molecular weight is 407 g/mol. The van der Waals surface area contributed by atoms with Gasteiger partial charge >= 0.3 is 5.97 Å². The van der Waals surface area contributed by atoms with Gasteiger partial charge < -0.3 is 15.4 Å². The van der Waals surface area contributed by atoms with Crippen LogP contribution < -0.4 is 10.6 Å². The van der Waals surface area contributed by atoms with Crippen LogP contribution in [0.5, 0.6) is 0 Å². The third-order valence-corrected chi connectivity index (χ3v) is 4.26. The first-order valence-corrected chi connectivity index (χ1v) is 9.18. The van der Waals surface area contributed by atoms with Crippen molar-refractivity contribution in [2.45, 2.75) is 13.0 Å². The maximum Gasteiger partial charge on any atom is 0.325 e. The van der Waals surface area contributed by atoms with Crippen LogP contribution in [0.4, 0.5) is 5.69 Å². The fraction of sp³-hybridized carbons (Fsp3) is 0.190. The summed E-state index contributed by atoms with van der Waals surface area (Å²) in [5.74, 6) is -1.03. The maximum absolute atomic E-state index is 12.4. The average Bonchev–Trinajstić information content (AvgIpc) is 3.27. The van der Waals surface area contributed by atoms with Crippen LogP contribution >= 0.6 is 0 Å². The number of aromatic nitrogens is 3. The zero-order chi connectivity index (χ0) is 21.3. The van der Waals surface area contributed by atoms with Crippen molar-refractivity contribution in [2.75, 3.05) is 19.0 Å². The van der Waals surface area contributed by atoms with Crippen LogP contribution in [-0.4, -0.2) is 46.2 Å². The molecule has 0 radical (unpaired) electrons. The van der Waals surface area contributed by atoms with Gasteiger partial charge in [0.05, 0.1) is 20.1 Å². The van der Waals surface area contributed by atoms with E-state index in [-0.39, 0.29) is 24.8 Å². The highest BCUT2D eigenvalue weighted by molar-refractivity contribution is 6.04. The molecule has 154 valence electrons. The molecule has 0 fully saturated rings. The van der Waals surface area contributed by atoms with Gasteiger partial charge in [-0.05, 0) is 35.4 Å². The number of ether oxygens (including phenoxy) is 1. The second-order valence-corrected chi connectivity index (χ2v) is 6.47. The minimum atomic E-state index is -0.507. The fourth-order valence-electron chi connectivity index (χ4n) is 2.66. The smallest absolute Gasteiger partial charge is 0.325 e. The van der Waals surface area contributed by atoms with Crippen LogP contribution in [0.1, 0.15) is 21.5 Å². The van der Waals surface area contributed by atoms with E-state index < -0.39 is 5.97 Å². The molecule has 0 atom stereocenters. The molecule has 0 saturated carbocycles. The summed E-state index contributed by atoms with van der Waals surface area (Å²) in [6.45, 7) is 0.414. The first-order valence-electron chi connectivity index (χ1n) is 9.18. The number of hydrogen-bond acceptors (Lipinski definition) is 6. The summed E-state index contributed by atoms with van der Waals surface area (Å²) in [6, 6.07) is 14.2. The Morgan fingerprint density at radius 3 is 2.33 bits per heavy atom. The number of benzene rings is 2. The van der Waals surface area contributed by atoms with Gasteiger partial charge in [-0.3, -0.25) is 14.4 Å². The SMILES string of the molecule is COC(=O)CNC(=O)Cc1ccc(NC(=O)c2ccc(Cn3cncn3)cc2)cc1. The van der Waals surface area contributed by atoms with Crippen molar-refractivity contribution < 1.29 is 19.1 Å². The number of anilines is 1. The third-order valence-electron chi connectivity index (χ3n) is 4.26. The van der Waals surface area contributed by atoms with Gasteiger partial charge in [0, 0.05) is 11.3 Å². The molecule has 0 saturated heterocycles. The number of rotatable bonds is 8. The molecule has 9 heteroatoms. The Morgan fingerprint density at radius 2 is 1.70 bits per heavy atom. The number of hydrogen-bond donors (Lipinski definition) is 2. The van der Waals surface area contributed by atoms with Crippen molar-refractivity contribution in [3.8, 4) is 0 Å². The molecule has 9 nitrogen and oxygen atoms in total. The van der Waals surface area contributed by atoms with Crippen molar-refractivity contribution in [1.29, 1.82) is 0 Å². The summed E-state index contributed by atoms with van der Waals surface area (Å²) in [4.78, 5) is 39.2. The predicted molar refractivity (Wildman–Crippen MR) is 109 cm³/mol. The number of amides is 2. The van der Waals surface area contributed by atoms with E-state index in [2.05, 4.69) is 25.5 Å². The van der Waals surface area contributed by atoms with Crippen LogP contribution in [0.15, 0.2) is 61.2 Å². The van der Waals surface area contributed by atoms with E-state index in [1.807, 2.05) is 12.1 Å². The lowest BCUT2D eigenvalue weighted by Crippen LogP contribution is -2.31. The summed E-state index contributed by atoms with van der Waals surface area (Å²) < 4.78 is 6.17. The molecule has 2 aromatic carbocycles. The number of carbonyl (C=O) groups is 3. The number of esters is 1. The van der Waals surface area contributed by atoms with E-state index in [0.717, 1.165) is 11.1 Å². The van der Waals surface area contributed by atoms with Gasteiger partial charge in [-0.25, -0.2) is 9.67 Å². The van der Waals surface area contributed by atoms with Crippen molar-refractivity contribution in [3.05, 3.63) is 77.9 Å². The summed E-state index contributed by atoms with van der Waals surface area (Å²) in [7, 11) is 1.26. The molecule has 0 bridgehead atoms. The van der Waals surface area contributed by atoms with Crippen LogP contribution in [0, 0.1) is 0 Å². The molecule has 1 aromatic heterocycles. The lowest BCUT2D eigenvalue weighted by atomic mass is 10.1. The van der Waals surface area contributed by atoms with Crippen molar-refractivity contribution in [3.63, 3.8) is 0 Å². The van der Waals surface area contributed by atoms with Gasteiger partial charge in [-0.1, -0.05) is 24.3 Å². The van der Waals surface area contributed by atoms with Gasteiger partial charge in [0.25, 0.3) is 5.91 Å². The number of methoxy groups -OCH3 is 1. The van der Waals surface area contributed by atoms with Crippen molar-refractivity contribution >= 4 is 23.5 Å². The number of carbonyl (C=O) groups excluding carboxylic acids is 3. The summed E-state index contributed by atoms with van der Waals surface area (Å²) in [5.41, 5.74) is 2.91. The Bertz CT molecular complexity index is 999. The van der Waals surface area contributed by atoms with Gasteiger partial charge in [0.1, 0.15) is 19.2 Å². The minimum absolute atomic E-state index is 0.123. The molecular weight excluding hydrogens is 386 g/mol. The van der Waals surface area contributed by atoms with Crippen LogP contribution in [0.2, 0.25) is 0 Å². The number of nitrogens with one attached hydrogen (secondary N) is 2. The van der Waals surface area contributed by atoms with E-state index in [0.29, 0.717) is 17.8 Å². The Morgan fingerprint density at radius 1 is 1.00 bits per heavy atom. The Kier molecular flexibility index (Phi) is 6.88. The van der Waals surface area contributed by atoms with Crippen LogP contribution in [0.25, 0.3) is 0 Å². The topological polar surface area (TPSA) is 115 Å². The largest absolute Gasteiger partial charge is 0.468 e. The highest BCUT2D eigenvalue weighted by atomic mass is 16.5. The zero-order valence-corrected chi connectivity index (χ0v) is 16.4. The highest BCUT2D eigenvalue weighted by Gasteiger charge is 2.09. The third kappa shape index (κ3) is 5.99. The summed E-state index contributed by atoms with van der Waals surface area (Å²) >= 11 is 0. The number of nitrogens with zero attached hydrogens (tertiary/aromatic N) is 3. The predicted octanol–water partition coefficient (Wildman–Crippen LogP) is 1.41. The van der Waals surface area contributed by atoms with E-state index in [1.54, 1.807) is 47.4 Å². The second kappa shape index (κ2) is 9.97. The van der Waals surface area contributed by atoms with Crippen LogP contribution in [0.3, 0.4) is 0 Å². The van der Waals surface area contributed by atoms with E-state index in [1.165, 1.54) is 13.4 Å². The Balaban J connectivity index is 1.51. The molecule has 0 aliphatic carbocycles. The van der Waals surface area contributed by atoms with Gasteiger partial charge in [-0.2, -0.15) is 5.10 Å². The molecule has 0 aliphatic heterocycles. The summed E-state index contributed by atoms with van der Waals surface area (Å²) in [5, 5.41) is 9.35. The molecule has 3 aromatic rings. The quantitative estimate of drug-likeness (QED) is 0.546. The van der Waals surface area contributed by atoms with E-state index >= 15 is 0 Å². The summed E-state index contributed by atoms with van der Waals surface area (Å²) in [6.07, 6.45) is 3.23. The first-order chi connectivity index (χ1) is 14.5. The van der Waals surface area contributed by atoms with Crippen molar-refractivity contribution in [1.82, 2.24) is 20.1 Å². The Hall–Kier alpha value is -4.01. The molecule has 0 unspecified atom stereocenters. The molecule has 3 rings (SSSR count). The molecule has 0 spiro atoms. The molecule has 30 heavy (non-hydrogen) atoms. The normalized spacial score (nSPS) is 10.3. The van der Waals surface area contributed by atoms with Crippen LogP contribution in [-0.2, 0) is 27.3 Å². The van der Waals surface area contributed by atoms with Crippen molar-refractivity contribution in [2.24, 2.45) is 0 Å². The first kappa shape index (κ1) is 20.7. The molecule has 2 amide bonds. The second-order valence-electron chi connectivity index (χ2n) is 6.47. The monoisotopic (exact) mass is 407 g/mol. The zero-order valence-electron chi connectivity index (χ0n) is 16.4. The molecule has 2 N–H and O–H groups in total. The molecule has 0 aliphatic rings. The molecular formula is C21H21N5O4. The molecule has 1 heterocycles. The van der Waals surface area contributed by atoms with E-state index in [4.69, 9.17) is 0 Å². The van der Waals surface area contributed by atoms with Gasteiger partial charge in [0.2, 0.25) is 5.91 Å². The lowest BCUT2D eigenvalue weighted by Gasteiger charge is -2.08. The minimum Gasteiger partial charge on any atom is -0.468 e. The van der Waals surface area contributed by atoms with Gasteiger partial charge in [0.15, 0.2) is 0 Å². The highest BCUT2D eigenvalue weighted by Crippen LogP contribution is 2.13. The lowest BCUT2D eigenvalue weighted by molar-refractivity contribution is -0.141.